The molecule has 2 aliphatic carbocycles. The summed E-state index contributed by atoms with van der Waals surface area (Å²) in [6, 6.07) is 8.49. The van der Waals surface area contributed by atoms with Gasteiger partial charge in [0.2, 0.25) is 0 Å². The molecule has 2 aliphatic rings. The van der Waals surface area contributed by atoms with Gasteiger partial charge < -0.3 is 10.8 Å². The second-order valence-electron chi connectivity index (χ2n) is 4.46. The van der Waals surface area contributed by atoms with Crippen LogP contribution in [0.3, 0.4) is 0 Å². The SMILES string of the molecule is C1=CC2=Cc3ccccc3C=CC2=CC1.NCC(=O)O. The molecule has 0 aliphatic heterocycles. The van der Waals surface area contributed by atoms with Crippen LogP contribution in [-0.2, 0) is 4.79 Å². The maximum Gasteiger partial charge on any atom is 0.317 e. The number of carboxylic acids is 1. The van der Waals surface area contributed by atoms with Crippen LogP contribution in [0.25, 0.3) is 12.2 Å². The first-order chi connectivity index (χ1) is 9.70. The number of fused-ring (bicyclic) bond motifs is 2. The van der Waals surface area contributed by atoms with E-state index in [4.69, 9.17) is 5.11 Å². The molecule has 102 valence electrons. The Kier molecular flexibility index (Phi) is 4.69. The lowest BCUT2D eigenvalue weighted by atomic mass is 9.99. The minimum absolute atomic E-state index is 0.278. The molecule has 3 nitrogen and oxygen atoms in total. The number of allylic oxidation sites excluding steroid dienone is 6. The van der Waals surface area contributed by atoms with E-state index in [1.54, 1.807) is 0 Å². The molecule has 0 heterocycles. The zero-order valence-corrected chi connectivity index (χ0v) is 11.1. The molecule has 0 aromatic heterocycles. The van der Waals surface area contributed by atoms with Crippen molar-refractivity contribution in [1.82, 2.24) is 0 Å². The van der Waals surface area contributed by atoms with Crippen molar-refractivity contribution in [1.29, 1.82) is 0 Å². The number of carboxylic acid groups (broad SMARTS) is 1. The van der Waals surface area contributed by atoms with E-state index in [2.05, 4.69) is 66.5 Å². The first-order valence-corrected chi connectivity index (χ1v) is 6.48. The number of benzene rings is 1. The van der Waals surface area contributed by atoms with Crippen molar-refractivity contribution in [2.45, 2.75) is 6.42 Å². The lowest BCUT2D eigenvalue weighted by molar-refractivity contribution is -0.135. The van der Waals surface area contributed by atoms with E-state index < -0.39 is 5.97 Å². The minimum atomic E-state index is -0.968. The van der Waals surface area contributed by atoms with Crippen LogP contribution >= 0.6 is 0 Å². The molecule has 0 saturated heterocycles. The van der Waals surface area contributed by atoms with Crippen LogP contribution in [0.2, 0.25) is 0 Å². The van der Waals surface area contributed by atoms with E-state index in [1.165, 1.54) is 22.3 Å². The molecule has 3 N–H and O–H groups in total. The van der Waals surface area contributed by atoms with E-state index in [0.717, 1.165) is 6.42 Å². The molecule has 0 unspecified atom stereocenters. The van der Waals surface area contributed by atoms with Crippen molar-refractivity contribution in [2.24, 2.45) is 5.73 Å². The van der Waals surface area contributed by atoms with Gasteiger partial charge in [0, 0.05) is 0 Å². The normalized spacial score (nSPS) is 14.8. The molecule has 3 rings (SSSR count). The molecule has 0 radical (unpaired) electrons. The first kappa shape index (κ1) is 14.0. The average molecular weight is 267 g/mol. The summed E-state index contributed by atoms with van der Waals surface area (Å²) in [6.45, 7) is -0.278. The third kappa shape index (κ3) is 3.56. The van der Waals surface area contributed by atoms with Gasteiger partial charge in [-0.1, -0.05) is 54.6 Å². The van der Waals surface area contributed by atoms with Crippen LogP contribution in [0.4, 0.5) is 0 Å². The summed E-state index contributed by atoms with van der Waals surface area (Å²) in [6.07, 6.45) is 14.4. The van der Waals surface area contributed by atoms with Crippen LogP contribution in [0.5, 0.6) is 0 Å². The van der Waals surface area contributed by atoms with Crippen LogP contribution < -0.4 is 5.73 Å². The Hall–Kier alpha value is -2.39. The zero-order valence-electron chi connectivity index (χ0n) is 11.1. The Morgan fingerprint density at radius 1 is 1.10 bits per heavy atom. The maximum absolute atomic E-state index is 9.24. The second-order valence-corrected chi connectivity index (χ2v) is 4.46. The predicted octanol–water partition coefficient (Wildman–Crippen LogP) is 3.01. The summed E-state index contributed by atoms with van der Waals surface area (Å²) in [5, 5.41) is 7.60. The summed E-state index contributed by atoms with van der Waals surface area (Å²) in [5.41, 5.74) is 9.84. The number of rotatable bonds is 1. The van der Waals surface area contributed by atoms with Crippen molar-refractivity contribution < 1.29 is 9.90 Å². The summed E-state index contributed by atoms with van der Waals surface area (Å²) < 4.78 is 0. The maximum atomic E-state index is 9.24. The van der Waals surface area contributed by atoms with E-state index in [0.29, 0.717) is 0 Å². The van der Waals surface area contributed by atoms with Crippen molar-refractivity contribution >= 4 is 18.1 Å². The van der Waals surface area contributed by atoms with Crippen molar-refractivity contribution in [3.8, 4) is 0 Å². The Morgan fingerprint density at radius 3 is 2.50 bits per heavy atom. The molecule has 1 aromatic carbocycles. The summed E-state index contributed by atoms with van der Waals surface area (Å²) in [5.74, 6) is -0.968. The molecule has 1 aromatic rings. The summed E-state index contributed by atoms with van der Waals surface area (Å²) in [7, 11) is 0. The standard InChI is InChI=1S/C15H12.C2H5NO2/c1-3-7-14-11-15-8-4-2-6-13(15)10-9-12(14)5-1;3-1-2(4)5/h1,3-11H,2H2;1,3H2,(H,4,5). The highest BCUT2D eigenvalue weighted by Gasteiger charge is 2.07. The van der Waals surface area contributed by atoms with Crippen LogP contribution in [0, 0.1) is 0 Å². The number of carbonyl (C=O) groups is 1. The molecular weight excluding hydrogens is 250 g/mol. The monoisotopic (exact) mass is 267 g/mol. The number of hydrogen-bond donors (Lipinski definition) is 2. The van der Waals surface area contributed by atoms with Gasteiger partial charge in [-0.3, -0.25) is 4.79 Å². The van der Waals surface area contributed by atoms with Crippen molar-refractivity contribution in [3.63, 3.8) is 0 Å². The highest BCUT2D eigenvalue weighted by Crippen LogP contribution is 2.27. The van der Waals surface area contributed by atoms with Gasteiger partial charge in [-0.25, -0.2) is 0 Å². The number of aliphatic carboxylic acids is 1. The average Bonchev–Trinajstić information content (AvgIpc) is 2.67. The van der Waals surface area contributed by atoms with Gasteiger partial charge in [-0.2, -0.15) is 0 Å². The van der Waals surface area contributed by atoms with Gasteiger partial charge in [0.25, 0.3) is 0 Å². The molecule has 0 fully saturated rings. The molecule has 0 atom stereocenters. The molecule has 0 bridgehead atoms. The van der Waals surface area contributed by atoms with Crippen molar-refractivity contribution in [3.05, 3.63) is 70.8 Å². The van der Waals surface area contributed by atoms with Gasteiger partial charge >= 0.3 is 5.97 Å². The van der Waals surface area contributed by atoms with Crippen LogP contribution in [0.15, 0.2) is 59.7 Å². The molecule has 0 spiro atoms. The van der Waals surface area contributed by atoms with Gasteiger partial charge in [0.1, 0.15) is 0 Å². The number of hydrogen-bond acceptors (Lipinski definition) is 2. The Labute approximate surface area is 118 Å². The fourth-order valence-electron chi connectivity index (χ4n) is 2.04. The van der Waals surface area contributed by atoms with E-state index in [9.17, 15) is 4.79 Å². The summed E-state index contributed by atoms with van der Waals surface area (Å²) in [4.78, 5) is 9.24. The molecule has 3 heteroatoms. The van der Waals surface area contributed by atoms with E-state index in [-0.39, 0.29) is 6.54 Å². The van der Waals surface area contributed by atoms with Gasteiger partial charge in [-0.05, 0) is 34.8 Å². The fraction of sp³-hybridized carbons (Fsp3) is 0.118. The van der Waals surface area contributed by atoms with Crippen LogP contribution in [0.1, 0.15) is 17.5 Å². The van der Waals surface area contributed by atoms with Gasteiger partial charge in [-0.15, -0.1) is 0 Å². The lowest BCUT2D eigenvalue weighted by Crippen LogP contribution is -2.10. The van der Waals surface area contributed by atoms with E-state index in [1.807, 2.05) is 0 Å². The van der Waals surface area contributed by atoms with Gasteiger partial charge in [0.05, 0.1) is 6.54 Å². The zero-order chi connectivity index (χ0) is 14.4. The second kappa shape index (κ2) is 6.68. The Balaban J connectivity index is 0.000000257. The molecule has 0 amide bonds. The minimum Gasteiger partial charge on any atom is -0.480 e. The van der Waals surface area contributed by atoms with Crippen molar-refractivity contribution in [2.75, 3.05) is 6.54 Å². The highest BCUT2D eigenvalue weighted by molar-refractivity contribution is 5.77. The topological polar surface area (TPSA) is 63.3 Å². The smallest absolute Gasteiger partial charge is 0.317 e. The summed E-state index contributed by atoms with van der Waals surface area (Å²) >= 11 is 0. The molecule has 0 saturated carbocycles. The fourth-order valence-corrected chi connectivity index (χ4v) is 2.04. The van der Waals surface area contributed by atoms with Crippen LogP contribution in [-0.4, -0.2) is 17.6 Å². The quantitative estimate of drug-likeness (QED) is 0.822. The largest absolute Gasteiger partial charge is 0.480 e. The Morgan fingerprint density at radius 2 is 1.80 bits per heavy atom. The molecule has 20 heavy (non-hydrogen) atoms. The third-order valence-electron chi connectivity index (χ3n) is 3.03. The number of nitrogens with two attached hydrogens (primary N) is 1. The lowest BCUT2D eigenvalue weighted by Gasteiger charge is -2.06. The Bertz CT molecular complexity index is 622. The predicted molar refractivity (Wildman–Crippen MR) is 82.0 cm³/mol. The van der Waals surface area contributed by atoms with E-state index >= 15 is 0 Å². The highest BCUT2D eigenvalue weighted by atomic mass is 16.4. The van der Waals surface area contributed by atoms with Gasteiger partial charge in [0.15, 0.2) is 0 Å². The first-order valence-electron chi connectivity index (χ1n) is 6.48. The molecular formula is C17H17NO2. The third-order valence-corrected chi connectivity index (χ3v) is 3.03.